The van der Waals surface area contributed by atoms with Crippen LogP contribution in [0.15, 0.2) is 73.2 Å². The number of anilines is 1. The van der Waals surface area contributed by atoms with Crippen molar-refractivity contribution in [3.63, 3.8) is 0 Å². The van der Waals surface area contributed by atoms with Gasteiger partial charge in [0.25, 0.3) is 0 Å². The fraction of sp³-hybridized carbons (Fsp3) is 0.222. The largest absolute Gasteiger partial charge is 0.433 e. The molecule has 5 aromatic rings. The Bertz CT molecular complexity index is 1550. The van der Waals surface area contributed by atoms with Crippen molar-refractivity contribution in [2.24, 2.45) is 0 Å². The quantitative estimate of drug-likeness (QED) is 0.341. The van der Waals surface area contributed by atoms with Crippen molar-refractivity contribution >= 4 is 22.2 Å². The summed E-state index contributed by atoms with van der Waals surface area (Å²) in [6.07, 6.45) is 0.591. The Morgan fingerprint density at radius 2 is 1.58 bits per heavy atom. The highest BCUT2D eigenvalue weighted by molar-refractivity contribution is 5.98. The van der Waals surface area contributed by atoms with Crippen molar-refractivity contribution in [2.45, 2.75) is 6.18 Å². The van der Waals surface area contributed by atoms with Gasteiger partial charge < -0.3 is 9.80 Å². The molecule has 6 rings (SSSR count). The molecule has 0 unspecified atom stereocenters. The van der Waals surface area contributed by atoms with Crippen molar-refractivity contribution in [2.75, 3.05) is 38.1 Å². The van der Waals surface area contributed by atoms with Crippen LogP contribution in [0.4, 0.5) is 18.9 Å². The van der Waals surface area contributed by atoms with Crippen molar-refractivity contribution in [1.82, 2.24) is 24.5 Å². The summed E-state index contributed by atoms with van der Waals surface area (Å²) in [5.41, 5.74) is 3.80. The Morgan fingerprint density at radius 3 is 2.33 bits per heavy atom. The second kappa shape index (κ2) is 8.60. The number of pyridine rings is 1. The van der Waals surface area contributed by atoms with Crippen LogP contribution in [0.3, 0.4) is 0 Å². The molecule has 1 fully saturated rings. The summed E-state index contributed by atoms with van der Waals surface area (Å²) < 4.78 is 42.3. The predicted molar refractivity (Wildman–Crippen MR) is 134 cm³/mol. The standard InChI is InChI=1S/C27H23F3N6/c1-34-10-12-35(13-11-34)20-8-6-18(7-9-20)19-15-31-26-23(16-32-36(26)17-19)22-14-25(27(28,29)30)33-24-5-3-2-4-21(22)24/h2-9,14-17H,10-13H2,1H3. The van der Waals surface area contributed by atoms with Crippen molar-refractivity contribution in [3.05, 3.63) is 78.9 Å². The van der Waals surface area contributed by atoms with Crippen LogP contribution in [0.5, 0.6) is 0 Å². The van der Waals surface area contributed by atoms with Crippen molar-refractivity contribution in [1.29, 1.82) is 0 Å². The van der Waals surface area contributed by atoms with Crippen LogP contribution in [0.1, 0.15) is 5.69 Å². The third kappa shape index (κ3) is 4.05. The zero-order chi connectivity index (χ0) is 24.9. The maximum Gasteiger partial charge on any atom is 0.433 e. The third-order valence-electron chi connectivity index (χ3n) is 6.72. The summed E-state index contributed by atoms with van der Waals surface area (Å²) in [6, 6.07) is 16.2. The number of benzene rings is 2. The molecule has 0 radical (unpaired) electrons. The highest BCUT2D eigenvalue weighted by Crippen LogP contribution is 2.36. The second-order valence-electron chi connectivity index (χ2n) is 9.08. The fourth-order valence-electron chi connectivity index (χ4n) is 4.69. The van der Waals surface area contributed by atoms with E-state index in [-0.39, 0.29) is 5.52 Å². The number of para-hydroxylation sites is 1. The van der Waals surface area contributed by atoms with E-state index in [1.807, 2.05) is 6.20 Å². The molecule has 2 aromatic carbocycles. The molecule has 4 heterocycles. The molecule has 0 amide bonds. The Morgan fingerprint density at radius 1 is 0.833 bits per heavy atom. The number of hydrogen-bond acceptors (Lipinski definition) is 5. The van der Waals surface area contributed by atoms with Crippen LogP contribution in [0.2, 0.25) is 0 Å². The summed E-state index contributed by atoms with van der Waals surface area (Å²) in [5.74, 6) is 0. The summed E-state index contributed by atoms with van der Waals surface area (Å²) >= 11 is 0. The van der Waals surface area contributed by atoms with Crippen LogP contribution in [0.25, 0.3) is 38.8 Å². The van der Waals surface area contributed by atoms with E-state index in [1.165, 1.54) is 5.69 Å². The number of hydrogen-bond donors (Lipinski definition) is 0. The number of halogens is 3. The molecule has 0 aliphatic carbocycles. The zero-order valence-corrected chi connectivity index (χ0v) is 19.6. The topological polar surface area (TPSA) is 49.6 Å². The van der Waals surface area contributed by atoms with E-state index < -0.39 is 11.9 Å². The first-order valence-corrected chi connectivity index (χ1v) is 11.7. The average molecular weight is 489 g/mol. The molecule has 0 spiro atoms. The molecule has 0 N–H and O–H groups in total. The van der Waals surface area contributed by atoms with Crippen LogP contribution < -0.4 is 4.90 Å². The Kier molecular flexibility index (Phi) is 5.37. The minimum atomic E-state index is -4.56. The molecule has 0 atom stereocenters. The van der Waals surface area contributed by atoms with E-state index >= 15 is 0 Å². The highest BCUT2D eigenvalue weighted by Gasteiger charge is 2.33. The highest BCUT2D eigenvalue weighted by atomic mass is 19.4. The van der Waals surface area contributed by atoms with E-state index in [0.717, 1.165) is 43.4 Å². The second-order valence-corrected chi connectivity index (χ2v) is 9.08. The first kappa shape index (κ1) is 22.5. The fourth-order valence-corrected chi connectivity index (χ4v) is 4.69. The van der Waals surface area contributed by atoms with E-state index in [0.29, 0.717) is 22.2 Å². The van der Waals surface area contributed by atoms with Crippen LogP contribution >= 0.6 is 0 Å². The number of piperazine rings is 1. The van der Waals surface area contributed by atoms with E-state index in [9.17, 15) is 13.2 Å². The van der Waals surface area contributed by atoms with Gasteiger partial charge in [-0.1, -0.05) is 30.3 Å². The van der Waals surface area contributed by atoms with Gasteiger partial charge in [0.05, 0.1) is 11.7 Å². The lowest BCUT2D eigenvalue weighted by molar-refractivity contribution is -0.140. The lowest BCUT2D eigenvalue weighted by atomic mass is 10.0. The number of nitrogens with zero attached hydrogens (tertiary/aromatic N) is 6. The molecular weight excluding hydrogens is 465 g/mol. The molecule has 0 saturated carbocycles. The van der Waals surface area contributed by atoms with Gasteiger partial charge in [0.1, 0.15) is 5.69 Å². The van der Waals surface area contributed by atoms with Gasteiger partial charge in [-0.2, -0.15) is 18.3 Å². The molecule has 9 heteroatoms. The Labute approximate surface area is 205 Å². The first-order chi connectivity index (χ1) is 17.4. The van der Waals surface area contributed by atoms with Gasteiger partial charge in [-0.05, 0) is 42.4 Å². The van der Waals surface area contributed by atoms with Crippen molar-refractivity contribution < 1.29 is 13.2 Å². The number of aromatic nitrogens is 4. The maximum atomic E-state index is 13.6. The average Bonchev–Trinajstić information content (AvgIpc) is 3.31. The minimum absolute atomic E-state index is 0.277. The first-order valence-electron chi connectivity index (χ1n) is 11.7. The van der Waals surface area contributed by atoms with Crippen LogP contribution in [-0.2, 0) is 6.18 Å². The number of alkyl halides is 3. The summed E-state index contributed by atoms with van der Waals surface area (Å²) in [6.45, 7) is 4.08. The molecule has 182 valence electrons. The van der Waals surface area contributed by atoms with Gasteiger partial charge in [0.2, 0.25) is 0 Å². The Hall–Kier alpha value is -3.98. The SMILES string of the molecule is CN1CCN(c2ccc(-c3cnc4c(-c5cc(C(F)(F)F)nc6ccccc56)cnn4c3)cc2)CC1. The lowest BCUT2D eigenvalue weighted by Crippen LogP contribution is -2.44. The van der Waals surface area contributed by atoms with Gasteiger partial charge in [-0.3, -0.25) is 0 Å². The van der Waals surface area contributed by atoms with Crippen molar-refractivity contribution in [3.8, 4) is 22.3 Å². The van der Waals surface area contributed by atoms with Gasteiger partial charge >= 0.3 is 6.18 Å². The minimum Gasteiger partial charge on any atom is -0.369 e. The van der Waals surface area contributed by atoms with E-state index in [2.05, 4.69) is 56.2 Å². The van der Waals surface area contributed by atoms with Crippen LogP contribution in [0, 0.1) is 0 Å². The molecule has 36 heavy (non-hydrogen) atoms. The van der Waals surface area contributed by atoms with E-state index in [4.69, 9.17) is 0 Å². The summed E-state index contributed by atoms with van der Waals surface area (Å²) in [4.78, 5) is 13.1. The maximum absolute atomic E-state index is 13.6. The molecule has 0 bridgehead atoms. The lowest BCUT2D eigenvalue weighted by Gasteiger charge is -2.34. The molecule has 3 aromatic heterocycles. The zero-order valence-electron chi connectivity index (χ0n) is 19.6. The predicted octanol–water partition coefficient (Wildman–Crippen LogP) is 5.38. The monoisotopic (exact) mass is 488 g/mol. The number of rotatable bonds is 3. The smallest absolute Gasteiger partial charge is 0.369 e. The number of likely N-dealkylation sites (N-methyl/N-ethyl adjacent to an activating group) is 1. The van der Waals surface area contributed by atoms with E-state index in [1.54, 1.807) is 41.2 Å². The molecule has 6 nitrogen and oxygen atoms in total. The van der Waals surface area contributed by atoms with Crippen LogP contribution in [-0.4, -0.2) is 57.7 Å². The van der Waals surface area contributed by atoms with Gasteiger partial charge in [-0.15, -0.1) is 0 Å². The molecule has 1 aliphatic heterocycles. The molecule has 1 aliphatic rings. The molecular formula is C27H23F3N6. The number of fused-ring (bicyclic) bond motifs is 2. The Balaban J connectivity index is 1.36. The van der Waals surface area contributed by atoms with Gasteiger partial charge in [0.15, 0.2) is 5.65 Å². The summed E-state index contributed by atoms with van der Waals surface area (Å²) in [7, 11) is 2.14. The summed E-state index contributed by atoms with van der Waals surface area (Å²) in [5, 5.41) is 5.03. The van der Waals surface area contributed by atoms with Gasteiger partial charge in [0, 0.05) is 60.8 Å². The third-order valence-corrected chi connectivity index (χ3v) is 6.72. The van der Waals surface area contributed by atoms with Gasteiger partial charge in [-0.25, -0.2) is 14.5 Å². The molecule has 1 saturated heterocycles. The normalized spacial score (nSPS) is 15.2.